The minimum absolute atomic E-state index is 0.288. The molecule has 2 rings (SSSR count). The van der Waals surface area contributed by atoms with Crippen LogP contribution in [-0.2, 0) is 9.53 Å². The number of carbonyl (C=O) groups excluding carboxylic acids is 3. The normalized spacial score (nSPS) is 14.1. The summed E-state index contributed by atoms with van der Waals surface area (Å²) in [4.78, 5) is 36.0. The van der Waals surface area contributed by atoms with E-state index in [1.807, 2.05) is 0 Å². The first-order valence-corrected chi connectivity index (χ1v) is 6.71. The predicted octanol–water partition coefficient (Wildman–Crippen LogP) is 0.202. The Morgan fingerprint density at radius 3 is 2.90 bits per heavy atom. The molecule has 2 heterocycles. The Hall–Kier alpha value is -2.16. The topological polar surface area (TPSA) is 101 Å². The Balaban J connectivity index is 1.97. The summed E-state index contributed by atoms with van der Waals surface area (Å²) in [5.74, 6) is -1.17. The summed E-state index contributed by atoms with van der Waals surface area (Å²) in [6, 6.07) is -0.463. The van der Waals surface area contributed by atoms with Gasteiger partial charge < -0.3 is 15.4 Å². The van der Waals surface area contributed by atoms with E-state index in [0.717, 1.165) is 16.4 Å². The molecule has 0 bridgehead atoms. The summed E-state index contributed by atoms with van der Waals surface area (Å²) < 4.78 is 8.99. The molecule has 0 aromatic carbocycles. The molecule has 1 aliphatic rings. The number of nitrogens with zero attached hydrogens (tertiary/aromatic N) is 2. The van der Waals surface area contributed by atoms with Crippen LogP contribution in [0, 0.1) is 6.92 Å². The van der Waals surface area contributed by atoms with Crippen LogP contribution in [0.3, 0.4) is 0 Å². The summed E-state index contributed by atoms with van der Waals surface area (Å²) in [6.45, 7) is 1.92. The number of amides is 3. The van der Waals surface area contributed by atoms with Crippen LogP contribution in [0.15, 0.2) is 0 Å². The largest absolute Gasteiger partial charge is 0.452 e. The molecule has 0 radical (unpaired) electrons. The third kappa shape index (κ3) is 2.72. The SMILES string of the molecule is CNc1snc(C)c1C(=O)OCC(=O)N1CCNC1=O. The van der Waals surface area contributed by atoms with Crippen molar-refractivity contribution in [2.24, 2.45) is 0 Å². The third-order valence-electron chi connectivity index (χ3n) is 2.78. The van der Waals surface area contributed by atoms with Crippen molar-refractivity contribution in [1.82, 2.24) is 14.6 Å². The van der Waals surface area contributed by atoms with E-state index in [9.17, 15) is 14.4 Å². The average molecular weight is 298 g/mol. The number of carbonyl (C=O) groups is 3. The maximum absolute atomic E-state index is 11.9. The van der Waals surface area contributed by atoms with Crippen molar-refractivity contribution in [2.45, 2.75) is 6.92 Å². The second-order valence-corrected chi connectivity index (χ2v) is 4.85. The van der Waals surface area contributed by atoms with Crippen LogP contribution in [0.4, 0.5) is 9.80 Å². The lowest BCUT2D eigenvalue weighted by Crippen LogP contribution is -2.37. The first-order chi connectivity index (χ1) is 9.54. The zero-order valence-electron chi connectivity index (χ0n) is 11.1. The fourth-order valence-electron chi connectivity index (χ4n) is 1.77. The number of hydrogen-bond donors (Lipinski definition) is 2. The summed E-state index contributed by atoms with van der Waals surface area (Å²) in [5, 5.41) is 5.93. The number of nitrogens with one attached hydrogen (secondary N) is 2. The number of ether oxygens (including phenoxy) is 1. The number of hydrogen-bond acceptors (Lipinski definition) is 7. The number of rotatable bonds is 4. The zero-order chi connectivity index (χ0) is 14.7. The highest BCUT2D eigenvalue weighted by atomic mass is 32.1. The maximum atomic E-state index is 11.9. The standard InChI is InChI=1S/C11H14N4O4S/c1-6-8(9(12-2)20-14-6)10(17)19-5-7(16)15-4-3-13-11(15)18/h12H,3-5H2,1-2H3,(H,13,18). The summed E-state index contributed by atoms with van der Waals surface area (Å²) >= 11 is 1.14. The molecular formula is C11H14N4O4S. The fraction of sp³-hybridized carbons (Fsp3) is 0.455. The van der Waals surface area contributed by atoms with Crippen molar-refractivity contribution in [3.05, 3.63) is 11.3 Å². The summed E-state index contributed by atoms with van der Waals surface area (Å²) in [5.41, 5.74) is 0.854. The van der Waals surface area contributed by atoms with Gasteiger partial charge in [0.15, 0.2) is 6.61 Å². The highest BCUT2D eigenvalue weighted by molar-refractivity contribution is 7.10. The second kappa shape index (κ2) is 5.87. The van der Waals surface area contributed by atoms with E-state index >= 15 is 0 Å². The number of imide groups is 1. The lowest BCUT2D eigenvalue weighted by Gasteiger charge is -2.12. The van der Waals surface area contributed by atoms with Crippen molar-refractivity contribution in [1.29, 1.82) is 0 Å². The van der Waals surface area contributed by atoms with Gasteiger partial charge in [0.05, 0.1) is 5.69 Å². The Bertz CT molecular complexity index is 557. The van der Waals surface area contributed by atoms with Crippen molar-refractivity contribution in [3.8, 4) is 0 Å². The quantitative estimate of drug-likeness (QED) is 0.770. The minimum Gasteiger partial charge on any atom is -0.452 e. The molecule has 0 atom stereocenters. The molecule has 1 aromatic rings. The predicted molar refractivity (Wildman–Crippen MR) is 71.8 cm³/mol. The van der Waals surface area contributed by atoms with E-state index in [-0.39, 0.29) is 6.54 Å². The van der Waals surface area contributed by atoms with Crippen molar-refractivity contribution >= 4 is 34.4 Å². The fourth-order valence-corrected chi connectivity index (χ4v) is 2.50. The van der Waals surface area contributed by atoms with Gasteiger partial charge in [-0.1, -0.05) is 0 Å². The molecule has 0 unspecified atom stereocenters. The van der Waals surface area contributed by atoms with E-state index in [0.29, 0.717) is 22.8 Å². The van der Waals surface area contributed by atoms with Crippen LogP contribution in [0.2, 0.25) is 0 Å². The Labute approximate surface area is 119 Å². The molecule has 1 aromatic heterocycles. The zero-order valence-corrected chi connectivity index (χ0v) is 11.9. The molecule has 8 nitrogen and oxygen atoms in total. The first kappa shape index (κ1) is 14.3. The van der Waals surface area contributed by atoms with Gasteiger partial charge in [-0.15, -0.1) is 0 Å². The highest BCUT2D eigenvalue weighted by Crippen LogP contribution is 2.24. The Morgan fingerprint density at radius 2 is 2.30 bits per heavy atom. The van der Waals surface area contributed by atoms with E-state index in [1.54, 1.807) is 14.0 Å². The smallest absolute Gasteiger partial charge is 0.343 e. The summed E-state index contributed by atoms with van der Waals surface area (Å²) in [7, 11) is 1.67. The van der Waals surface area contributed by atoms with Gasteiger partial charge in [-0.3, -0.25) is 9.69 Å². The molecule has 1 aliphatic heterocycles. The molecule has 3 amide bonds. The third-order valence-corrected chi connectivity index (χ3v) is 3.73. The summed E-state index contributed by atoms with van der Waals surface area (Å²) in [6.07, 6.45) is 0. The van der Waals surface area contributed by atoms with Crippen LogP contribution in [0.5, 0.6) is 0 Å². The van der Waals surface area contributed by atoms with Gasteiger partial charge in [0.25, 0.3) is 5.91 Å². The molecule has 108 valence electrons. The van der Waals surface area contributed by atoms with Crippen LogP contribution in [-0.4, -0.2) is 53.9 Å². The van der Waals surface area contributed by atoms with Gasteiger partial charge in [-0.2, -0.15) is 4.37 Å². The maximum Gasteiger partial charge on any atom is 0.343 e. The molecule has 0 spiro atoms. The van der Waals surface area contributed by atoms with Gasteiger partial charge in [0.1, 0.15) is 10.6 Å². The molecule has 1 saturated heterocycles. The van der Waals surface area contributed by atoms with Crippen LogP contribution in [0.25, 0.3) is 0 Å². The van der Waals surface area contributed by atoms with Gasteiger partial charge >= 0.3 is 12.0 Å². The molecule has 0 saturated carbocycles. The van der Waals surface area contributed by atoms with Crippen LogP contribution < -0.4 is 10.6 Å². The molecule has 20 heavy (non-hydrogen) atoms. The number of esters is 1. The minimum atomic E-state index is -0.631. The molecule has 1 fully saturated rings. The number of anilines is 1. The molecule has 9 heteroatoms. The van der Waals surface area contributed by atoms with Crippen molar-refractivity contribution in [3.63, 3.8) is 0 Å². The van der Waals surface area contributed by atoms with Gasteiger partial charge in [-0.25, -0.2) is 9.59 Å². The Kier molecular flexibility index (Phi) is 4.18. The van der Waals surface area contributed by atoms with Crippen LogP contribution in [0.1, 0.15) is 16.1 Å². The monoisotopic (exact) mass is 298 g/mol. The molecule has 0 aliphatic carbocycles. The number of aryl methyl sites for hydroxylation is 1. The molecular weight excluding hydrogens is 284 g/mol. The van der Waals surface area contributed by atoms with E-state index in [2.05, 4.69) is 15.0 Å². The van der Waals surface area contributed by atoms with Crippen molar-refractivity contribution in [2.75, 3.05) is 32.1 Å². The van der Waals surface area contributed by atoms with Crippen molar-refractivity contribution < 1.29 is 19.1 Å². The number of urea groups is 1. The highest BCUT2D eigenvalue weighted by Gasteiger charge is 2.27. The second-order valence-electron chi connectivity index (χ2n) is 4.08. The van der Waals surface area contributed by atoms with Gasteiger partial charge in [-0.05, 0) is 18.5 Å². The van der Waals surface area contributed by atoms with E-state index < -0.39 is 24.5 Å². The average Bonchev–Trinajstić information content (AvgIpc) is 3.01. The molecule has 2 N–H and O–H groups in total. The first-order valence-electron chi connectivity index (χ1n) is 5.94. The van der Waals surface area contributed by atoms with Gasteiger partial charge in [0.2, 0.25) is 0 Å². The lowest BCUT2D eigenvalue weighted by atomic mass is 10.2. The Morgan fingerprint density at radius 1 is 1.55 bits per heavy atom. The number of aromatic nitrogens is 1. The van der Waals surface area contributed by atoms with E-state index in [1.165, 1.54) is 0 Å². The van der Waals surface area contributed by atoms with E-state index in [4.69, 9.17) is 4.74 Å². The van der Waals surface area contributed by atoms with Gasteiger partial charge in [0, 0.05) is 20.1 Å². The lowest BCUT2D eigenvalue weighted by molar-refractivity contribution is -0.130. The van der Waals surface area contributed by atoms with Crippen LogP contribution >= 0.6 is 11.5 Å².